The first-order valence-electron chi connectivity index (χ1n) is 4.28. The van der Waals surface area contributed by atoms with Gasteiger partial charge in [-0.15, -0.1) is 11.3 Å². The van der Waals surface area contributed by atoms with Gasteiger partial charge in [0.1, 0.15) is 0 Å². The van der Waals surface area contributed by atoms with Crippen LogP contribution in [-0.2, 0) is 5.75 Å². The number of aryl methyl sites for hydroxylation is 1. The van der Waals surface area contributed by atoms with E-state index in [1.807, 2.05) is 23.1 Å². The van der Waals surface area contributed by atoms with Crippen molar-refractivity contribution < 1.29 is 0 Å². The molecule has 0 saturated carbocycles. The highest BCUT2D eigenvalue weighted by molar-refractivity contribution is 7.97. The second-order valence-electron chi connectivity index (χ2n) is 3.13. The zero-order chi connectivity index (χ0) is 9.26. The van der Waals surface area contributed by atoms with E-state index >= 15 is 0 Å². The van der Waals surface area contributed by atoms with Crippen molar-refractivity contribution in [3.63, 3.8) is 0 Å². The summed E-state index contributed by atoms with van der Waals surface area (Å²) >= 11 is 3.80. The van der Waals surface area contributed by atoms with Crippen LogP contribution in [0.1, 0.15) is 10.4 Å². The van der Waals surface area contributed by atoms with Crippen LogP contribution in [0.2, 0.25) is 0 Å². The average molecular weight is 208 g/mol. The van der Waals surface area contributed by atoms with Crippen LogP contribution in [0.4, 0.5) is 0 Å². The summed E-state index contributed by atoms with van der Waals surface area (Å²) in [5, 5.41) is 1.43. The predicted octanol–water partition coefficient (Wildman–Crippen LogP) is 4.07. The van der Waals surface area contributed by atoms with Crippen molar-refractivity contribution in [3.8, 4) is 0 Å². The minimum atomic E-state index is 1.14. The molecule has 0 aliphatic rings. The van der Waals surface area contributed by atoms with Gasteiger partial charge < -0.3 is 0 Å². The molecule has 0 N–H and O–H groups in total. The number of hydrogen-bond acceptors (Lipinski definition) is 2. The molecular weight excluding hydrogens is 196 g/mol. The minimum absolute atomic E-state index is 1.14. The number of fused-ring (bicyclic) bond motifs is 1. The molecule has 0 nitrogen and oxygen atoms in total. The van der Waals surface area contributed by atoms with Gasteiger partial charge in [0, 0.05) is 15.3 Å². The monoisotopic (exact) mass is 208 g/mol. The van der Waals surface area contributed by atoms with Crippen LogP contribution in [0.15, 0.2) is 24.3 Å². The van der Waals surface area contributed by atoms with E-state index in [0.717, 1.165) is 5.75 Å². The van der Waals surface area contributed by atoms with Gasteiger partial charge in [0.15, 0.2) is 0 Å². The van der Waals surface area contributed by atoms with Crippen LogP contribution in [0.25, 0.3) is 10.1 Å². The molecule has 0 spiro atoms. The summed E-state index contributed by atoms with van der Waals surface area (Å²) in [4.78, 5) is 1.48. The van der Waals surface area contributed by atoms with E-state index in [1.54, 1.807) is 0 Å². The van der Waals surface area contributed by atoms with Gasteiger partial charge >= 0.3 is 0 Å². The van der Waals surface area contributed by atoms with E-state index in [1.165, 1.54) is 20.5 Å². The number of thioether (sulfide) groups is 1. The molecule has 2 heteroatoms. The molecule has 2 aromatic rings. The maximum atomic E-state index is 2.33. The second-order valence-corrected chi connectivity index (χ2v) is 5.17. The largest absolute Gasteiger partial charge is 0.160 e. The third kappa shape index (κ3) is 1.74. The second kappa shape index (κ2) is 3.72. The third-order valence-electron chi connectivity index (χ3n) is 2.12. The fraction of sp³-hybridized carbons (Fsp3) is 0.273. The zero-order valence-corrected chi connectivity index (χ0v) is 9.47. The molecule has 2 rings (SSSR count). The fourth-order valence-electron chi connectivity index (χ4n) is 1.47. The van der Waals surface area contributed by atoms with Gasteiger partial charge in [-0.25, -0.2) is 0 Å². The first-order chi connectivity index (χ1) is 6.31. The maximum Gasteiger partial charge on any atom is 0.0348 e. The first kappa shape index (κ1) is 9.10. The van der Waals surface area contributed by atoms with Crippen LogP contribution in [0, 0.1) is 6.92 Å². The lowest BCUT2D eigenvalue weighted by atomic mass is 10.1. The molecule has 1 aromatic carbocycles. The van der Waals surface area contributed by atoms with Crippen molar-refractivity contribution in [2.24, 2.45) is 0 Å². The van der Waals surface area contributed by atoms with Crippen molar-refractivity contribution in [1.29, 1.82) is 0 Å². The van der Waals surface area contributed by atoms with E-state index in [4.69, 9.17) is 0 Å². The van der Waals surface area contributed by atoms with Crippen molar-refractivity contribution in [1.82, 2.24) is 0 Å². The highest BCUT2D eigenvalue weighted by Crippen LogP contribution is 2.29. The van der Waals surface area contributed by atoms with Crippen LogP contribution >= 0.6 is 23.1 Å². The predicted molar refractivity (Wildman–Crippen MR) is 63.8 cm³/mol. The number of rotatable bonds is 2. The molecule has 13 heavy (non-hydrogen) atoms. The van der Waals surface area contributed by atoms with Crippen molar-refractivity contribution >= 4 is 33.2 Å². The van der Waals surface area contributed by atoms with E-state index in [9.17, 15) is 0 Å². The van der Waals surface area contributed by atoms with Gasteiger partial charge in [-0.1, -0.05) is 12.1 Å². The van der Waals surface area contributed by atoms with Crippen molar-refractivity contribution in [2.75, 3.05) is 6.26 Å². The Labute approximate surface area is 87.0 Å². The summed E-state index contributed by atoms with van der Waals surface area (Å²) in [7, 11) is 0. The Morgan fingerprint density at radius 1 is 1.38 bits per heavy atom. The van der Waals surface area contributed by atoms with Crippen LogP contribution in [-0.4, -0.2) is 6.26 Å². The van der Waals surface area contributed by atoms with Gasteiger partial charge in [-0.3, -0.25) is 0 Å². The molecule has 0 aliphatic carbocycles. The van der Waals surface area contributed by atoms with Gasteiger partial charge in [0.25, 0.3) is 0 Å². The average Bonchev–Trinajstić information content (AvgIpc) is 2.49. The lowest BCUT2D eigenvalue weighted by molar-refractivity contribution is 1.52. The summed E-state index contributed by atoms with van der Waals surface area (Å²) in [6, 6.07) is 8.84. The molecular formula is C11H12S2. The Hall–Kier alpha value is -0.470. The van der Waals surface area contributed by atoms with Gasteiger partial charge in [0.05, 0.1) is 0 Å². The Morgan fingerprint density at radius 2 is 2.23 bits per heavy atom. The molecule has 0 bridgehead atoms. The molecule has 1 aromatic heterocycles. The van der Waals surface area contributed by atoms with E-state index in [-0.39, 0.29) is 0 Å². The highest BCUT2D eigenvalue weighted by atomic mass is 32.2. The quantitative estimate of drug-likeness (QED) is 0.717. The summed E-state index contributed by atoms with van der Waals surface area (Å²) in [5.74, 6) is 1.14. The summed E-state index contributed by atoms with van der Waals surface area (Å²) < 4.78 is 1.42. The van der Waals surface area contributed by atoms with Gasteiger partial charge in [0.2, 0.25) is 0 Å². The molecule has 0 atom stereocenters. The molecule has 68 valence electrons. The van der Waals surface area contributed by atoms with Gasteiger partial charge in [-0.05, 0) is 36.3 Å². The molecule has 0 saturated heterocycles. The summed E-state index contributed by atoms with van der Waals surface area (Å²) in [6.45, 7) is 2.18. The Morgan fingerprint density at radius 3 is 2.92 bits per heavy atom. The molecule has 0 radical (unpaired) electrons. The van der Waals surface area contributed by atoms with E-state index < -0.39 is 0 Å². The number of benzene rings is 1. The molecule has 0 amide bonds. The lowest BCUT2D eigenvalue weighted by Gasteiger charge is -1.91. The smallest absolute Gasteiger partial charge is 0.0348 e. The fourth-order valence-corrected chi connectivity index (χ4v) is 3.37. The third-order valence-corrected chi connectivity index (χ3v) is 4.00. The molecule has 0 fully saturated rings. The zero-order valence-electron chi connectivity index (χ0n) is 7.83. The molecule has 0 unspecified atom stereocenters. The van der Waals surface area contributed by atoms with Crippen LogP contribution in [0.5, 0.6) is 0 Å². The first-order valence-corrected chi connectivity index (χ1v) is 6.49. The SMILES string of the molecule is CSCc1cc2c(C)cccc2s1. The van der Waals surface area contributed by atoms with Crippen molar-refractivity contribution in [3.05, 3.63) is 34.7 Å². The summed E-state index contributed by atoms with van der Waals surface area (Å²) in [6.07, 6.45) is 2.15. The Bertz CT molecular complexity index is 415. The summed E-state index contributed by atoms with van der Waals surface area (Å²) in [5.41, 5.74) is 1.39. The van der Waals surface area contributed by atoms with Crippen LogP contribution in [0.3, 0.4) is 0 Å². The van der Waals surface area contributed by atoms with Crippen molar-refractivity contribution in [2.45, 2.75) is 12.7 Å². The Balaban J connectivity index is 2.55. The van der Waals surface area contributed by atoms with Gasteiger partial charge in [-0.2, -0.15) is 11.8 Å². The minimum Gasteiger partial charge on any atom is -0.160 e. The highest BCUT2D eigenvalue weighted by Gasteiger charge is 2.02. The number of thiophene rings is 1. The molecule has 1 heterocycles. The standard InChI is InChI=1S/C11H12S2/c1-8-4-3-5-11-10(8)6-9(13-11)7-12-2/h3-6H,7H2,1-2H3. The maximum absolute atomic E-state index is 2.33. The number of hydrogen-bond donors (Lipinski definition) is 0. The lowest BCUT2D eigenvalue weighted by Crippen LogP contribution is -1.70. The normalized spacial score (nSPS) is 10.9. The molecule has 0 aliphatic heterocycles. The topological polar surface area (TPSA) is 0 Å². The van der Waals surface area contributed by atoms with Crippen LogP contribution < -0.4 is 0 Å². The van der Waals surface area contributed by atoms with E-state index in [0.29, 0.717) is 0 Å². The Kier molecular flexibility index (Phi) is 2.61. The van der Waals surface area contributed by atoms with E-state index in [2.05, 4.69) is 37.4 Å².